The molecule has 0 radical (unpaired) electrons. The van der Waals surface area contributed by atoms with Crippen LogP contribution in [-0.2, 0) is 0 Å². The van der Waals surface area contributed by atoms with Crippen LogP contribution in [0.4, 0.5) is 26.3 Å². The van der Waals surface area contributed by atoms with Crippen LogP contribution in [0, 0.1) is 29.5 Å². The summed E-state index contributed by atoms with van der Waals surface area (Å²) >= 11 is 0. The predicted molar refractivity (Wildman–Crippen MR) is 114 cm³/mol. The molecule has 8 heteroatoms. The average Bonchev–Trinajstić information content (AvgIpc) is 2.74. The third-order valence-electron chi connectivity index (χ3n) is 7.39. The van der Waals surface area contributed by atoms with Gasteiger partial charge in [0.15, 0.2) is 11.6 Å². The maximum Gasteiger partial charge on any atom is 0.573 e. The molecular formula is C25H34F6O2. The van der Waals surface area contributed by atoms with E-state index in [9.17, 15) is 26.3 Å². The van der Waals surface area contributed by atoms with Gasteiger partial charge in [-0.15, -0.1) is 13.2 Å². The van der Waals surface area contributed by atoms with E-state index in [1.165, 1.54) is 38.5 Å². The first-order chi connectivity index (χ1) is 15.5. The molecule has 3 rings (SSSR count). The first-order valence-corrected chi connectivity index (χ1v) is 12.2. The van der Waals surface area contributed by atoms with Crippen molar-refractivity contribution in [3.63, 3.8) is 0 Å². The Bertz CT molecular complexity index is 735. The van der Waals surface area contributed by atoms with Gasteiger partial charge in [0.05, 0.1) is 6.42 Å². The van der Waals surface area contributed by atoms with Crippen LogP contribution in [0.1, 0.15) is 84.0 Å². The summed E-state index contributed by atoms with van der Waals surface area (Å²) in [6.45, 7) is 2.24. The minimum atomic E-state index is -5.07. The molecule has 1 aromatic carbocycles. The highest BCUT2D eigenvalue weighted by molar-refractivity contribution is 5.33. The van der Waals surface area contributed by atoms with Crippen molar-refractivity contribution in [3.05, 3.63) is 24.0 Å². The summed E-state index contributed by atoms with van der Waals surface area (Å²) in [4.78, 5) is 0. The summed E-state index contributed by atoms with van der Waals surface area (Å²) in [5.41, 5.74) is 0. The van der Waals surface area contributed by atoms with Crippen LogP contribution in [0.15, 0.2) is 18.2 Å². The summed E-state index contributed by atoms with van der Waals surface area (Å²) in [5.74, 6) is -0.451. The summed E-state index contributed by atoms with van der Waals surface area (Å²) < 4.78 is 87.0. The van der Waals surface area contributed by atoms with E-state index in [0.29, 0.717) is 24.5 Å². The van der Waals surface area contributed by atoms with E-state index in [2.05, 4.69) is 16.4 Å². The second-order valence-electron chi connectivity index (χ2n) is 9.77. The average molecular weight is 481 g/mol. The van der Waals surface area contributed by atoms with Gasteiger partial charge >= 0.3 is 12.5 Å². The molecular weight excluding hydrogens is 446 g/mol. The lowest BCUT2D eigenvalue weighted by atomic mass is 9.68. The van der Waals surface area contributed by atoms with Crippen molar-refractivity contribution < 1.29 is 35.8 Å². The van der Waals surface area contributed by atoms with Crippen molar-refractivity contribution in [2.24, 2.45) is 23.7 Å². The highest BCUT2D eigenvalue weighted by atomic mass is 19.4. The van der Waals surface area contributed by atoms with Gasteiger partial charge in [-0.25, -0.2) is 4.39 Å². The number of alkyl halides is 5. The minimum Gasteiger partial charge on any atom is -0.432 e. The molecule has 0 unspecified atom stereocenters. The summed E-state index contributed by atoms with van der Waals surface area (Å²) in [7, 11) is 0. The van der Waals surface area contributed by atoms with Gasteiger partial charge in [-0.05, 0) is 67.9 Å². The van der Waals surface area contributed by atoms with Gasteiger partial charge in [-0.1, -0.05) is 45.4 Å². The van der Waals surface area contributed by atoms with Crippen molar-refractivity contribution in [1.82, 2.24) is 0 Å². The van der Waals surface area contributed by atoms with Crippen molar-refractivity contribution in [1.29, 1.82) is 0 Å². The quantitative estimate of drug-likeness (QED) is 0.329. The molecule has 1 aromatic rings. The van der Waals surface area contributed by atoms with Crippen molar-refractivity contribution in [2.75, 3.05) is 0 Å². The van der Waals surface area contributed by atoms with E-state index < -0.39 is 36.2 Å². The molecule has 2 aliphatic carbocycles. The number of rotatable bonds is 9. The van der Waals surface area contributed by atoms with Gasteiger partial charge in [-0.3, -0.25) is 0 Å². The number of benzene rings is 1. The summed E-state index contributed by atoms with van der Waals surface area (Å²) in [6, 6.07) is 1.96. The highest BCUT2D eigenvalue weighted by Crippen LogP contribution is 2.43. The van der Waals surface area contributed by atoms with E-state index in [1.807, 2.05) is 0 Å². The number of halogens is 6. The first-order valence-electron chi connectivity index (χ1n) is 12.2. The number of hydrogen-bond acceptors (Lipinski definition) is 2. The molecule has 0 N–H and O–H groups in total. The van der Waals surface area contributed by atoms with Crippen LogP contribution in [0.2, 0.25) is 0 Å². The van der Waals surface area contributed by atoms with Crippen molar-refractivity contribution in [2.45, 2.75) is 96.4 Å². The van der Waals surface area contributed by atoms with Gasteiger partial charge in [0, 0.05) is 6.07 Å². The van der Waals surface area contributed by atoms with Gasteiger partial charge in [0.1, 0.15) is 5.75 Å². The first kappa shape index (κ1) is 26.0. The molecule has 33 heavy (non-hydrogen) atoms. The van der Waals surface area contributed by atoms with E-state index in [4.69, 9.17) is 0 Å². The van der Waals surface area contributed by atoms with Crippen LogP contribution in [0.3, 0.4) is 0 Å². The molecule has 2 aliphatic rings. The van der Waals surface area contributed by atoms with Gasteiger partial charge in [0.25, 0.3) is 0 Å². The normalized spacial score (nSPS) is 26.8. The zero-order valence-electron chi connectivity index (χ0n) is 19.1. The highest BCUT2D eigenvalue weighted by Gasteiger charge is 2.36. The fourth-order valence-electron chi connectivity index (χ4n) is 5.65. The standard InChI is InChI=1S/C25H34F6O2/c1-2-3-17-4-8-19(9-5-17)20-10-6-18(7-11-20)14-15-24(27,28)32-21-12-13-23(22(26)16-21)33-25(29,30)31/h12-13,16-20H,2-11,14-15H2,1H3. The lowest BCUT2D eigenvalue weighted by Gasteiger charge is -2.38. The Morgan fingerprint density at radius 2 is 1.33 bits per heavy atom. The Labute approximate surface area is 192 Å². The molecule has 0 amide bonds. The Morgan fingerprint density at radius 3 is 1.82 bits per heavy atom. The SMILES string of the molecule is CCCC1CCC(C2CCC(CCC(F)(F)Oc3ccc(OC(F)(F)F)c(F)c3)CC2)CC1. The van der Waals surface area contributed by atoms with Crippen LogP contribution >= 0.6 is 0 Å². The van der Waals surface area contributed by atoms with Crippen LogP contribution in [0.25, 0.3) is 0 Å². The van der Waals surface area contributed by atoms with Crippen molar-refractivity contribution >= 4 is 0 Å². The van der Waals surface area contributed by atoms with Crippen LogP contribution in [-0.4, -0.2) is 12.5 Å². The summed E-state index contributed by atoms with van der Waals surface area (Å²) in [6.07, 6.45) is 3.10. The Balaban J connectivity index is 1.41. The second kappa shape index (κ2) is 11.2. The summed E-state index contributed by atoms with van der Waals surface area (Å²) in [5, 5.41) is 0. The fraction of sp³-hybridized carbons (Fsp3) is 0.760. The topological polar surface area (TPSA) is 18.5 Å². The monoisotopic (exact) mass is 480 g/mol. The lowest BCUT2D eigenvalue weighted by molar-refractivity contribution is -0.275. The molecule has 2 fully saturated rings. The molecule has 0 heterocycles. The molecule has 188 valence electrons. The fourth-order valence-corrected chi connectivity index (χ4v) is 5.65. The van der Waals surface area contributed by atoms with Crippen molar-refractivity contribution in [3.8, 4) is 11.5 Å². The lowest BCUT2D eigenvalue weighted by Crippen LogP contribution is -2.28. The number of hydrogen-bond donors (Lipinski definition) is 0. The molecule has 0 bridgehead atoms. The number of ether oxygens (including phenoxy) is 2. The molecule has 0 spiro atoms. The third kappa shape index (κ3) is 8.29. The Kier molecular flexibility index (Phi) is 8.84. The van der Waals surface area contributed by atoms with E-state index >= 15 is 0 Å². The van der Waals surface area contributed by atoms with Crippen LogP contribution < -0.4 is 9.47 Å². The zero-order chi connectivity index (χ0) is 24.1. The maximum absolute atomic E-state index is 14.3. The molecule has 0 atom stereocenters. The largest absolute Gasteiger partial charge is 0.573 e. The Morgan fingerprint density at radius 1 is 0.788 bits per heavy atom. The van der Waals surface area contributed by atoms with E-state index in [-0.39, 0.29) is 5.92 Å². The molecule has 2 saturated carbocycles. The van der Waals surface area contributed by atoms with Gasteiger partial charge in [0.2, 0.25) is 0 Å². The predicted octanol–water partition coefficient (Wildman–Crippen LogP) is 8.89. The third-order valence-corrected chi connectivity index (χ3v) is 7.39. The van der Waals surface area contributed by atoms with E-state index in [0.717, 1.165) is 43.6 Å². The van der Waals surface area contributed by atoms with E-state index in [1.54, 1.807) is 0 Å². The zero-order valence-corrected chi connectivity index (χ0v) is 19.1. The molecule has 2 nitrogen and oxygen atoms in total. The maximum atomic E-state index is 14.3. The smallest absolute Gasteiger partial charge is 0.432 e. The molecule has 0 aliphatic heterocycles. The second-order valence-corrected chi connectivity index (χ2v) is 9.77. The van der Waals surface area contributed by atoms with Gasteiger partial charge < -0.3 is 9.47 Å². The minimum absolute atomic E-state index is 0.214. The molecule has 0 saturated heterocycles. The Hall–Kier alpha value is -1.60. The van der Waals surface area contributed by atoms with Crippen LogP contribution in [0.5, 0.6) is 11.5 Å². The van der Waals surface area contributed by atoms with Gasteiger partial charge in [-0.2, -0.15) is 8.78 Å². The molecule has 0 aromatic heterocycles.